The fourth-order valence-corrected chi connectivity index (χ4v) is 4.19. The van der Waals surface area contributed by atoms with Gasteiger partial charge < -0.3 is 9.67 Å². The second kappa shape index (κ2) is 12.1. The second-order valence-electron chi connectivity index (χ2n) is 7.29. The van der Waals surface area contributed by atoms with Crippen molar-refractivity contribution in [3.8, 4) is 0 Å². The zero-order chi connectivity index (χ0) is 20.4. The summed E-state index contributed by atoms with van der Waals surface area (Å²) in [5, 5.41) is 9.82. The normalized spacial score (nSPS) is 11.5. The van der Waals surface area contributed by atoms with Gasteiger partial charge in [-0.25, -0.2) is 9.78 Å². The van der Waals surface area contributed by atoms with Gasteiger partial charge in [0, 0.05) is 19.3 Å². The summed E-state index contributed by atoms with van der Waals surface area (Å²) in [6.45, 7) is 2.98. The van der Waals surface area contributed by atoms with Crippen LogP contribution in [0.2, 0.25) is 0 Å². The lowest BCUT2D eigenvalue weighted by Crippen LogP contribution is -2.29. The van der Waals surface area contributed by atoms with Crippen LogP contribution in [0.5, 0.6) is 0 Å². The van der Waals surface area contributed by atoms with Crippen molar-refractivity contribution in [3.05, 3.63) is 20.8 Å². The first-order valence-electron chi connectivity index (χ1n) is 10.5. The largest absolute Gasteiger partial charge is 0.396 e. The Morgan fingerprint density at radius 3 is 2.21 bits per heavy atom. The zero-order valence-electron chi connectivity index (χ0n) is 17.2. The highest BCUT2D eigenvalue weighted by molar-refractivity contribution is 7.99. The lowest BCUT2D eigenvalue weighted by Gasteiger charge is -2.08. The molecule has 0 saturated carbocycles. The minimum absolute atomic E-state index is 0.0431. The number of unbranched alkanes of at least 4 members (excludes halogenated alkanes) is 9. The third-order valence-electron chi connectivity index (χ3n) is 5.03. The van der Waals surface area contributed by atoms with Crippen molar-refractivity contribution in [1.82, 2.24) is 19.1 Å². The molecule has 2 N–H and O–H groups in total. The SMILES string of the molecule is CCCCCCCCCCCCn1c(SCCO)nc2c1c(=O)[nH]c(=O)n2C. The first kappa shape index (κ1) is 22.7. The molecule has 0 spiro atoms. The Morgan fingerprint density at radius 2 is 1.61 bits per heavy atom. The van der Waals surface area contributed by atoms with Gasteiger partial charge in [-0.05, 0) is 6.42 Å². The molecule has 0 unspecified atom stereocenters. The quantitative estimate of drug-likeness (QED) is 0.368. The molecule has 0 fully saturated rings. The molecule has 0 aliphatic carbocycles. The standard InChI is InChI=1S/C20H34N4O3S/c1-3-4-5-6-7-8-9-10-11-12-13-24-16-17(21-20(24)28-15-14-25)23(2)19(27)22-18(16)26/h25H,3-15H2,1-2H3,(H,22,26,27). The summed E-state index contributed by atoms with van der Waals surface area (Å²) in [7, 11) is 1.61. The fourth-order valence-electron chi connectivity index (χ4n) is 3.43. The highest BCUT2D eigenvalue weighted by atomic mass is 32.2. The molecule has 8 heteroatoms. The molecule has 0 aliphatic heterocycles. The Balaban J connectivity index is 1.93. The topological polar surface area (TPSA) is 92.9 Å². The molecule has 2 rings (SSSR count). The number of aromatic nitrogens is 4. The first-order valence-corrected chi connectivity index (χ1v) is 11.5. The van der Waals surface area contributed by atoms with E-state index >= 15 is 0 Å². The van der Waals surface area contributed by atoms with E-state index in [-0.39, 0.29) is 6.61 Å². The van der Waals surface area contributed by atoms with E-state index in [0.717, 1.165) is 12.8 Å². The number of nitrogens with zero attached hydrogens (tertiary/aromatic N) is 3. The molecule has 2 heterocycles. The zero-order valence-corrected chi connectivity index (χ0v) is 18.0. The number of fused-ring (bicyclic) bond motifs is 1. The van der Waals surface area contributed by atoms with E-state index in [1.807, 2.05) is 4.57 Å². The van der Waals surface area contributed by atoms with Crippen LogP contribution in [0.3, 0.4) is 0 Å². The maximum atomic E-state index is 12.4. The minimum Gasteiger partial charge on any atom is -0.396 e. The molecule has 0 bridgehead atoms. The van der Waals surface area contributed by atoms with Gasteiger partial charge in [0.2, 0.25) is 0 Å². The van der Waals surface area contributed by atoms with Crippen molar-refractivity contribution in [1.29, 1.82) is 0 Å². The number of aliphatic hydroxyl groups excluding tert-OH is 1. The van der Waals surface area contributed by atoms with Crippen LogP contribution in [0, 0.1) is 0 Å². The molecule has 2 aromatic heterocycles. The van der Waals surface area contributed by atoms with Crippen molar-refractivity contribution in [3.63, 3.8) is 0 Å². The van der Waals surface area contributed by atoms with Gasteiger partial charge in [0.15, 0.2) is 16.3 Å². The number of hydrogen-bond acceptors (Lipinski definition) is 5. The Kier molecular flexibility index (Phi) is 9.84. The van der Waals surface area contributed by atoms with Crippen LogP contribution in [0.15, 0.2) is 14.7 Å². The van der Waals surface area contributed by atoms with E-state index in [4.69, 9.17) is 5.11 Å². The molecule has 0 aromatic carbocycles. The number of H-pyrrole nitrogens is 1. The summed E-state index contributed by atoms with van der Waals surface area (Å²) in [5.41, 5.74) is -0.00643. The summed E-state index contributed by atoms with van der Waals surface area (Å²) in [5.74, 6) is 0.507. The van der Waals surface area contributed by atoms with Crippen LogP contribution in [-0.4, -0.2) is 36.6 Å². The van der Waals surface area contributed by atoms with Crippen molar-refractivity contribution in [2.45, 2.75) is 82.8 Å². The van der Waals surface area contributed by atoms with Gasteiger partial charge in [-0.3, -0.25) is 14.3 Å². The van der Waals surface area contributed by atoms with Crippen molar-refractivity contribution in [2.75, 3.05) is 12.4 Å². The van der Waals surface area contributed by atoms with Crippen LogP contribution in [0.25, 0.3) is 11.2 Å². The average Bonchev–Trinajstić information content (AvgIpc) is 3.05. The molecule has 0 aliphatic rings. The molecule has 2 aromatic rings. The summed E-state index contributed by atoms with van der Waals surface area (Å²) in [4.78, 5) is 31.1. The predicted octanol–water partition coefficient (Wildman–Crippen LogP) is 3.43. The molecule has 158 valence electrons. The summed E-state index contributed by atoms with van der Waals surface area (Å²) in [6, 6.07) is 0. The van der Waals surface area contributed by atoms with E-state index in [1.54, 1.807) is 7.05 Å². The number of aromatic amines is 1. The summed E-state index contributed by atoms with van der Waals surface area (Å²) < 4.78 is 3.27. The smallest absolute Gasteiger partial charge is 0.329 e. The maximum absolute atomic E-state index is 12.4. The number of hydrogen-bond donors (Lipinski definition) is 2. The van der Waals surface area contributed by atoms with Crippen LogP contribution < -0.4 is 11.2 Å². The molecule has 7 nitrogen and oxygen atoms in total. The van der Waals surface area contributed by atoms with Gasteiger partial charge in [-0.15, -0.1) is 0 Å². The van der Waals surface area contributed by atoms with Gasteiger partial charge >= 0.3 is 5.69 Å². The lowest BCUT2D eigenvalue weighted by molar-refractivity contribution is 0.322. The second-order valence-corrected chi connectivity index (χ2v) is 8.35. The molecular weight excluding hydrogens is 376 g/mol. The molecule has 0 atom stereocenters. The third kappa shape index (κ3) is 6.24. The van der Waals surface area contributed by atoms with E-state index in [1.165, 1.54) is 67.7 Å². The van der Waals surface area contributed by atoms with Crippen LogP contribution in [0.1, 0.15) is 71.1 Å². The number of nitrogens with one attached hydrogen (secondary N) is 1. The fraction of sp³-hybridized carbons (Fsp3) is 0.750. The Bertz CT molecular complexity index is 840. The van der Waals surface area contributed by atoms with Gasteiger partial charge in [0.1, 0.15) is 0 Å². The van der Waals surface area contributed by atoms with E-state index in [2.05, 4.69) is 16.9 Å². The predicted molar refractivity (Wildman–Crippen MR) is 115 cm³/mol. The van der Waals surface area contributed by atoms with E-state index in [0.29, 0.717) is 28.6 Å². The highest BCUT2D eigenvalue weighted by Crippen LogP contribution is 2.22. The van der Waals surface area contributed by atoms with Crippen molar-refractivity contribution >= 4 is 22.9 Å². The number of rotatable bonds is 14. The summed E-state index contributed by atoms with van der Waals surface area (Å²) >= 11 is 1.41. The maximum Gasteiger partial charge on any atom is 0.329 e. The monoisotopic (exact) mass is 410 g/mol. The number of imidazole rings is 1. The molecule has 0 radical (unpaired) electrons. The Morgan fingerprint density at radius 1 is 1.00 bits per heavy atom. The van der Waals surface area contributed by atoms with Gasteiger partial charge in [-0.1, -0.05) is 76.5 Å². The number of thioether (sulfide) groups is 1. The van der Waals surface area contributed by atoms with E-state index in [9.17, 15) is 9.59 Å². The minimum atomic E-state index is -0.459. The number of aryl methyl sites for hydroxylation is 2. The van der Waals surface area contributed by atoms with Gasteiger partial charge in [0.25, 0.3) is 5.56 Å². The Hall–Kier alpha value is -1.54. The van der Waals surface area contributed by atoms with Gasteiger partial charge in [-0.2, -0.15) is 0 Å². The first-order chi connectivity index (χ1) is 13.6. The van der Waals surface area contributed by atoms with Crippen LogP contribution >= 0.6 is 11.8 Å². The number of aliphatic hydroxyl groups is 1. The van der Waals surface area contributed by atoms with Gasteiger partial charge in [0.05, 0.1) is 6.61 Å². The van der Waals surface area contributed by atoms with E-state index < -0.39 is 11.2 Å². The van der Waals surface area contributed by atoms with Crippen molar-refractivity contribution in [2.24, 2.45) is 7.05 Å². The van der Waals surface area contributed by atoms with Crippen molar-refractivity contribution < 1.29 is 5.11 Å². The molecule has 0 amide bonds. The van der Waals surface area contributed by atoms with Crippen LogP contribution in [-0.2, 0) is 13.6 Å². The summed E-state index contributed by atoms with van der Waals surface area (Å²) in [6.07, 6.45) is 12.5. The average molecular weight is 411 g/mol. The van der Waals surface area contributed by atoms with Crippen LogP contribution in [0.4, 0.5) is 0 Å². The third-order valence-corrected chi connectivity index (χ3v) is 5.99. The lowest BCUT2D eigenvalue weighted by atomic mass is 10.1. The molecule has 28 heavy (non-hydrogen) atoms. The molecular formula is C20H34N4O3S. The molecule has 0 saturated heterocycles. The highest BCUT2D eigenvalue weighted by Gasteiger charge is 2.17. The Labute approximate surface area is 170 Å².